The fourth-order valence-corrected chi connectivity index (χ4v) is 2.12. The molecule has 1 unspecified atom stereocenters. The van der Waals surface area contributed by atoms with Crippen molar-refractivity contribution in [1.82, 2.24) is 10.3 Å². The van der Waals surface area contributed by atoms with Gasteiger partial charge in [0.2, 0.25) is 0 Å². The maximum Gasteiger partial charge on any atom is 0.332 e. The van der Waals surface area contributed by atoms with Crippen LogP contribution < -0.4 is 5.32 Å². The van der Waals surface area contributed by atoms with Crippen LogP contribution in [-0.4, -0.2) is 23.6 Å². The third-order valence-electron chi connectivity index (χ3n) is 3.35. The molecule has 19 heavy (non-hydrogen) atoms. The lowest BCUT2D eigenvalue weighted by Crippen LogP contribution is -2.51. The highest BCUT2D eigenvalue weighted by atomic mass is 19.1. The number of hydrogen-bond acceptors (Lipinski definition) is 4. The van der Waals surface area contributed by atoms with Gasteiger partial charge in [-0.3, -0.25) is 10.3 Å². The van der Waals surface area contributed by atoms with Gasteiger partial charge in [0.25, 0.3) is 0 Å². The van der Waals surface area contributed by atoms with E-state index in [1.54, 1.807) is 13.0 Å². The number of ether oxygens (including phenoxy) is 1. The van der Waals surface area contributed by atoms with Gasteiger partial charge in [0.1, 0.15) is 5.82 Å². The van der Waals surface area contributed by atoms with E-state index in [1.807, 2.05) is 6.92 Å². The average Bonchev–Trinajstić information content (AvgIpc) is 3.21. The van der Waals surface area contributed by atoms with Gasteiger partial charge in [0.15, 0.2) is 5.54 Å². The van der Waals surface area contributed by atoms with E-state index in [0.29, 0.717) is 24.8 Å². The zero-order valence-corrected chi connectivity index (χ0v) is 11.3. The minimum Gasteiger partial charge on any atom is -0.464 e. The summed E-state index contributed by atoms with van der Waals surface area (Å²) in [5.74, 6) is -0.757. The second-order valence-corrected chi connectivity index (χ2v) is 4.76. The number of nitrogens with zero attached hydrogens (tertiary/aromatic N) is 1. The number of esters is 1. The lowest BCUT2D eigenvalue weighted by atomic mass is 9.91. The Bertz CT molecular complexity index is 445. The summed E-state index contributed by atoms with van der Waals surface area (Å²) >= 11 is 0. The highest BCUT2D eigenvalue weighted by Crippen LogP contribution is 2.31. The summed E-state index contributed by atoms with van der Waals surface area (Å²) in [6.45, 7) is 3.99. The number of hydrogen-bond donors (Lipinski definition) is 1. The van der Waals surface area contributed by atoms with Crippen molar-refractivity contribution < 1.29 is 13.9 Å². The number of carbonyl (C=O) groups excluding carboxylic acids is 1. The largest absolute Gasteiger partial charge is 0.464 e. The van der Waals surface area contributed by atoms with Crippen molar-refractivity contribution in [2.75, 3.05) is 6.61 Å². The monoisotopic (exact) mass is 266 g/mol. The third kappa shape index (κ3) is 2.92. The molecule has 2 rings (SSSR count). The van der Waals surface area contributed by atoms with Crippen molar-refractivity contribution in [3.8, 4) is 0 Å². The Morgan fingerprint density at radius 1 is 1.53 bits per heavy atom. The Kier molecular flexibility index (Phi) is 4.14. The molecule has 1 heterocycles. The molecule has 0 radical (unpaired) electrons. The molecule has 1 saturated carbocycles. The maximum atomic E-state index is 13.0. The normalized spacial score (nSPS) is 17.8. The molecule has 1 aliphatic carbocycles. The van der Waals surface area contributed by atoms with Gasteiger partial charge < -0.3 is 4.74 Å². The Labute approximate surface area is 112 Å². The lowest BCUT2D eigenvalue weighted by Gasteiger charge is -2.31. The third-order valence-corrected chi connectivity index (χ3v) is 3.35. The number of aromatic nitrogens is 1. The van der Waals surface area contributed by atoms with Crippen LogP contribution in [0.15, 0.2) is 18.3 Å². The quantitative estimate of drug-likeness (QED) is 0.801. The van der Waals surface area contributed by atoms with E-state index in [4.69, 9.17) is 4.74 Å². The van der Waals surface area contributed by atoms with Crippen LogP contribution in [0.1, 0.15) is 38.8 Å². The molecule has 0 aromatic carbocycles. The van der Waals surface area contributed by atoms with E-state index in [0.717, 1.165) is 19.0 Å². The van der Waals surface area contributed by atoms with E-state index < -0.39 is 11.4 Å². The molecule has 0 saturated heterocycles. The van der Waals surface area contributed by atoms with Crippen LogP contribution >= 0.6 is 0 Å². The Balaban J connectivity index is 2.35. The van der Waals surface area contributed by atoms with Gasteiger partial charge in [-0.05, 0) is 38.3 Å². The first kappa shape index (κ1) is 13.9. The summed E-state index contributed by atoms with van der Waals surface area (Å²) in [6.07, 6.45) is 3.74. The molecule has 1 fully saturated rings. The van der Waals surface area contributed by atoms with Gasteiger partial charge in [-0.15, -0.1) is 0 Å². The van der Waals surface area contributed by atoms with Crippen LogP contribution in [0, 0.1) is 5.82 Å². The van der Waals surface area contributed by atoms with Crippen LogP contribution in [0.4, 0.5) is 4.39 Å². The molecule has 0 bridgehead atoms. The van der Waals surface area contributed by atoms with Crippen molar-refractivity contribution in [3.63, 3.8) is 0 Å². The molecule has 1 aliphatic rings. The summed E-state index contributed by atoms with van der Waals surface area (Å²) in [7, 11) is 0. The molecule has 1 aromatic rings. The Morgan fingerprint density at radius 2 is 2.26 bits per heavy atom. The summed E-state index contributed by atoms with van der Waals surface area (Å²) in [5, 5.41) is 3.31. The van der Waals surface area contributed by atoms with Crippen molar-refractivity contribution >= 4 is 5.97 Å². The molecule has 0 aliphatic heterocycles. The van der Waals surface area contributed by atoms with Crippen molar-refractivity contribution in [2.45, 2.75) is 44.7 Å². The Hall–Kier alpha value is -1.49. The van der Waals surface area contributed by atoms with Crippen molar-refractivity contribution in [1.29, 1.82) is 0 Å². The summed E-state index contributed by atoms with van der Waals surface area (Å²) in [5.41, 5.74) is -0.452. The highest BCUT2D eigenvalue weighted by Gasteiger charge is 2.45. The molecule has 1 aromatic heterocycles. The van der Waals surface area contributed by atoms with Gasteiger partial charge in [0.05, 0.1) is 18.5 Å². The molecule has 4 nitrogen and oxygen atoms in total. The minimum atomic E-state index is -0.967. The topological polar surface area (TPSA) is 51.2 Å². The first-order chi connectivity index (χ1) is 9.12. The van der Waals surface area contributed by atoms with Crippen LogP contribution in [0.5, 0.6) is 0 Å². The Morgan fingerprint density at radius 3 is 2.74 bits per heavy atom. The van der Waals surface area contributed by atoms with Gasteiger partial charge >= 0.3 is 5.97 Å². The maximum absolute atomic E-state index is 13.0. The van der Waals surface area contributed by atoms with E-state index in [1.165, 1.54) is 6.07 Å². The number of rotatable bonds is 6. The van der Waals surface area contributed by atoms with Gasteiger partial charge in [-0.25, -0.2) is 9.18 Å². The summed E-state index contributed by atoms with van der Waals surface area (Å²) < 4.78 is 18.2. The summed E-state index contributed by atoms with van der Waals surface area (Å²) in [6, 6.07) is 3.18. The zero-order valence-electron chi connectivity index (χ0n) is 11.3. The number of carbonyl (C=O) groups is 1. The molecular weight excluding hydrogens is 247 g/mol. The summed E-state index contributed by atoms with van der Waals surface area (Å²) in [4.78, 5) is 16.4. The van der Waals surface area contributed by atoms with Crippen LogP contribution in [0.25, 0.3) is 0 Å². The number of pyridine rings is 1. The van der Waals surface area contributed by atoms with E-state index in [2.05, 4.69) is 10.3 Å². The van der Waals surface area contributed by atoms with E-state index in [9.17, 15) is 9.18 Å². The van der Waals surface area contributed by atoms with Gasteiger partial charge in [0, 0.05) is 6.04 Å². The van der Waals surface area contributed by atoms with Crippen LogP contribution in [0.3, 0.4) is 0 Å². The second-order valence-electron chi connectivity index (χ2n) is 4.76. The lowest BCUT2D eigenvalue weighted by molar-refractivity contribution is -0.152. The van der Waals surface area contributed by atoms with Crippen molar-refractivity contribution in [3.05, 3.63) is 29.8 Å². The fourth-order valence-electron chi connectivity index (χ4n) is 2.12. The smallest absolute Gasteiger partial charge is 0.332 e. The van der Waals surface area contributed by atoms with E-state index in [-0.39, 0.29) is 5.97 Å². The first-order valence-corrected chi connectivity index (χ1v) is 6.69. The molecular formula is C14H19FN2O2. The number of nitrogens with one attached hydrogen (secondary N) is 1. The van der Waals surface area contributed by atoms with Crippen LogP contribution in [-0.2, 0) is 15.1 Å². The molecule has 0 spiro atoms. The standard InChI is InChI=1S/C14H19FN2O2/c1-3-14(13(18)19-4-2,17-11-6-7-11)12-8-5-10(15)9-16-12/h5,8-9,11,17H,3-4,6-7H2,1-2H3. The highest BCUT2D eigenvalue weighted by molar-refractivity contribution is 5.82. The fraction of sp³-hybridized carbons (Fsp3) is 0.571. The zero-order chi connectivity index (χ0) is 13.9. The van der Waals surface area contributed by atoms with E-state index >= 15 is 0 Å². The number of halogens is 1. The average molecular weight is 266 g/mol. The van der Waals surface area contributed by atoms with Gasteiger partial charge in [-0.2, -0.15) is 0 Å². The van der Waals surface area contributed by atoms with Crippen molar-refractivity contribution in [2.24, 2.45) is 0 Å². The molecule has 1 N–H and O–H groups in total. The predicted molar refractivity (Wildman–Crippen MR) is 69.0 cm³/mol. The predicted octanol–water partition coefficient (Wildman–Crippen LogP) is 2.14. The minimum absolute atomic E-state index is 0.314. The van der Waals surface area contributed by atoms with Gasteiger partial charge in [-0.1, -0.05) is 6.92 Å². The molecule has 1 atom stereocenters. The van der Waals surface area contributed by atoms with Crippen LogP contribution in [0.2, 0.25) is 0 Å². The molecule has 104 valence electrons. The molecule has 5 heteroatoms. The second kappa shape index (κ2) is 5.65. The molecule has 0 amide bonds. The first-order valence-electron chi connectivity index (χ1n) is 6.69. The SMILES string of the molecule is CCOC(=O)C(CC)(NC1CC1)c1ccc(F)cn1.